The van der Waals surface area contributed by atoms with E-state index in [4.69, 9.17) is 13.9 Å². The van der Waals surface area contributed by atoms with Gasteiger partial charge in [0, 0.05) is 19.4 Å². The summed E-state index contributed by atoms with van der Waals surface area (Å²) in [4.78, 5) is 25.8. The first-order valence-corrected chi connectivity index (χ1v) is 11.7. The molecule has 9 nitrogen and oxygen atoms in total. The van der Waals surface area contributed by atoms with Crippen LogP contribution in [0.4, 0.5) is 0 Å². The summed E-state index contributed by atoms with van der Waals surface area (Å²) in [6.07, 6.45) is -1.26. The van der Waals surface area contributed by atoms with Crippen LogP contribution in [0.3, 0.4) is 0 Å². The number of hydrogen-bond acceptors (Lipinski definition) is 7. The second-order valence-electron chi connectivity index (χ2n) is 8.41. The SMILES string of the molecule is CO[C@@H]1[C@H](n2ccc(=O)[nH]c2=O)OC(CO)(CO)[C@H]1O[Si](C)(C)C(C)(C)C. The number of aromatic nitrogens is 2. The van der Waals surface area contributed by atoms with Gasteiger partial charge < -0.3 is 24.1 Å². The molecule has 0 bridgehead atoms. The number of ether oxygens (including phenoxy) is 2. The minimum absolute atomic E-state index is 0.130. The van der Waals surface area contributed by atoms with Gasteiger partial charge in [0.1, 0.15) is 17.8 Å². The fourth-order valence-electron chi connectivity index (χ4n) is 2.88. The van der Waals surface area contributed by atoms with Crippen LogP contribution in [0.2, 0.25) is 18.1 Å². The lowest BCUT2D eigenvalue weighted by atomic mass is 9.97. The highest BCUT2D eigenvalue weighted by atomic mass is 28.4. The van der Waals surface area contributed by atoms with Crippen molar-refractivity contribution in [1.82, 2.24) is 9.55 Å². The van der Waals surface area contributed by atoms with Crippen LogP contribution in [-0.2, 0) is 13.9 Å². The predicted octanol–water partition coefficient (Wildman–Crippen LogP) is 0.194. The Morgan fingerprint density at radius 3 is 2.33 bits per heavy atom. The van der Waals surface area contributed by atoms with Gasteiger partial charge in [-0.05, 0) is 18.1 Å². The molecule has 10 heteroatoms. The summed E-state index contributed by atoms with van der Waals surface area (Å²) in [5.74, 6) is 0. The Morgan fingerprint density at radius 2 is 1.89 bits per heavy atom. The zero-order valence-corrected chi connectivity index (χ0v) is 17.7. The molecule has 0 aliphatic carbocycles. The summed E-state index contributed by atoms with van der Waals surface area (Å²) < 4.78 is 19.2. The first-order chi connectivity index (χ1) is 12.4. The van der Waals surface area contributed by atoms with E-state index in [2.05, 4.69) is 25.8 Å². The Kier molecular flexibility index (Phi) is 6.20. The highest BCUT2D eigenvalue weighted by Gasteiger charge is 2.59. The van der Waals surface area contributed by atoms with Crippen molar-refractivity contribution >= 4 is 8.32 Å². The fourth-order valence-corrected chi connectivity index (χ4v) is 4.22. The number of H-pyrrole nitrogens is 1. The summed E-state index contributed by atoms with van der Waals surface area (Å²) in [6.45, 7) is 9.26. The molecule has 1 aromatic heterocycles. The molecule has 27 heavy (non-hydrogen) atoms. The summed E-state index contributed by atoms with van der Waals surface area (Å²) >= 11 is 0. The molecule has 1 aromatic rings. The maximum Gasteiger partial charge on any atom is 0.330 e. The third-order valence-corrected chi connectivity index (χ3v) is 10.1. The van der Waals surface area contributed by atoms with Crippen molar-refractivity contribution in [2.45, 2.75) is 62.9 Å². The van der Waals surface area contributed by atoms with Gasteiger partial charge in [-0.15, -0.1) is 0 Å². The molecule has 1 aliphatic heterocycles. The Hall–Kier alpha value is -1.30. The minimum Gasteiger partial charge on any atom is -0.408 e. The highest BCUT2D eigenvalue weighted by Crippen LogP contribution is 2.45. The van der Waals surface area contributed by atoms with Crippen LogP contribution in [0, 0.1) is 0 Å². The quantitative estimate of drug-likeness (QED) is 0.581. The van der Waals surface area contributed by atoms with Gasteiger partial charge in [0.05, 0.1) is 13.2 Å². The Bertz CT molecular complexity index is 764. The number of aliphatic hydroxyl groups excluding tert-OH is 2. The number of aliphatic hydroxyl groups is 2. The lowest BCUT2D eigenvalue weighted by Gasteiger charge is -2.42. The van der Waals surface area contributed by atoms with Gasteiger partial charge in [0.15, 0.2) is 14.5 Å². The third-order valence-electron chi connectivity index (χ3n) is 5.61. The van der Waals surface area contributed by atoms with E-state index in [0.29, 0.717) is 0 Å². The van der Waals surface area contributed by atoms with Gasteiger partial charge in [0.2, 0.25) is 0 Å². The van der Waals surface area contributed by atoms with Gasteiger partial charge in [0.25, 0.3) is 5.56 Å². The zero-order chi connectivity index (χ0) is 20.6. The average Bonchev–Trinajstić information content (AvgIpc) is 2.87. The maximum absolute atomic E-state index is 12.2. The molecule has 1 fully saturated rings. The molecule has 0 amide bonds. The minimum atomic E-state index is -2.33. The summed E-state index contributed by atoms with van der Waals surface area (Å²) in [5, 5.41) is 19.9. The molecular formula is C17H30N2O7Si. The van der Waals surface area contributed by atoms with E-state index in [9.17, 15) is 19.8 Å². The molecule has 0 unspecified atom stereocenters. The van der Waals surface area contributed by atoms with Gasteiger partial charge in [-0.25, -0.2) is 4.79 Å². The van der Waals surface area contributed by atoms with Crippen LogP contribution < -0.4 is 11.2 Å². The van der Waals surface area contributed by atoms with E-state index in [0.717, 1.165) is 0 Å². The Labute approximate surface area is 159 Å². The molecule has 0 aromatic carbocycles. The molecule has 3 N–H and O–H groups in total. The second kappa shape index (κ2) is 7.61. The number of aromatic amines is 1. The molecule has 2 rings (SSSR count). The number of hydrogen-bond donors (Lipinski definition) is 3. The predicted molar refractivity (Wildman–Crippen MR) is 101 cm³/mol. The summed E-state index contributed by atoms with van der Waals surface area (Å²) in [5.41, 5.74) is -2.66. The van der Waals surface area contributed by atoms with Crippen molar-refractivity contribution in [2.24, 2.45) is 0 Å². The molecule has 1 aliphatic rings. The summed E-state index contributed by atoms with van der Waals surface area (Å²) in [6, 6.07) is 1.19. The van der Waals surface area contributed by atoms with Crippen molar-refractivity contribution < 1.29 is 24.1 Å². The number of methoxy groups -OCH3 is 1. The zero-order valence-electron chi connectivity index (χ0n) is 16.7. The lowest BCUT2D eigenvalue weighted by Crippen LogP contribution is -2.57. The van der Waals surface area contributed by atoms with E-state index in [1.807, 2.05) is 13.1 Å². The van der Waals surface area contributed by atoms with Crippen LogP contribution in [0.25, 0.3) is 0 Å². The van der Waals surface area contributed by atoms with Crippen molar-refractivity contribution in [3.05, 3.63) is 33.1 Å². The molecule has 2 heterocycles. The highest BCUT2D eigenvalue weighted by molar-refractivity contribution is 6.74. The summed E-state index contributed by atoms with van der Waals surface area (Å²) in [7, 11) is -0.881. The molecule has 0 saturated carbocycles. The van der Waals surface area contributed by atoms with Crippen molar-refractivity contribution in [3.8, 4) is 0 Å². The third kappa shape index (κ3) is 3.96. The van der Waals surface area contributed by atoms with E-state index in [1.54, 1.807) is 0 Å². The van der Waals surface area contributed by atoms with Crippen molar-refractivity contribution in [3.63, 3.8) is 0 Å². The first kappa shape index (κ1) is 22.0. The second-order valence-corrected chi connectivity index (χ2v) is 13.2. The van der Waals surface area contributed by atoms with Crippen LogP contribution >= 0.6 is 0 Å². The Balaban J connectivity index is 2.53. The molecule has 1 saturated heterocycles. The topological polar surface area (TPSA) is 123 Å². The molecule has 3 atom stereocenters. The van der Waals surface area contributed by atoms with Crippen molar-refractivity contribution in [1.29, 1.82) is 0 Å². The molecule has 0 spiro atoms. The van der Waals surface area contributed by atoms with Crippen LogP contribution in [-0.4, -0.2) is 66.2 Å². The molecule has 0 radical (unpaired) electrons. The Morgan fingerprint density at radius 1 is 1.30 bits per heavy atom. The normalized spacial score (nSPS) is 25.7. The van der Waals surface area contributed by atoms with Crippen LogP contribution in [0.5, 0.6) is 0 Å². The van der Waals surface area contributed by atoms with Crippen LogP contribution in [0.1, 0.15) is 27.0 Å². The number of nitrogens with one attached hydrogen (secondary N) is 1. The maximum atomic E-state index is 12.2. The standard InChI is InChI=1S/C17H30N2O7Si/c1-16(2,3)27(5,6)26-13-12(24-4)14(25-17(13,9-20)10-21)19-8-7-11(22)18-15(19)23/h7-8,12-14,20-21H,9-10H2,1-6H3,(H,18,22,23)/t12-,13-,14+/m0/s1. The number of nitrogens with zero attached hydrogens (tertiary/aromatic N) is 1. The lowest BCUT2D eigenvalue weighted by molar-refractivity contribution is -0.148. The largest absolute Gasteiger partial charge is 0.408 e. The fraction of sp³-hybridized carbons (Fsp3) is 0.765. The number of rotatable bonds is 6. The van der Waals surface area contributed by atoms with E-state index < -0.39 is 56.8 Å². The first-order valence-electron chi connectivity index (χ1n) is 8.84. The monoisotopic (exact) mass is 402 g/mol. The van der Waals surface area contributed by atoms with E-state index in [-0.39, 0.29) is 5.04 Å². The van der Waals surface area contributed by atoms with Gasteiger partial charge in [-0.2, -0.15) is 0 Å². The van der Waals surface area contributed by atoms with Gasteiger partial charge in [-0.1, -0.05) is 20.8 Å². The van der Waals surface area contributed by atoms with E-state index in [1.165, 1.54) is 23.9 Å². The van der Waals surface area contributed by atoms with Gasteiger partial charge in [-0.3, -0.25) is 14.3 Å². The van der Waals surface area contributed by atoms with E-state index >= 15 is 0 Å². The molecular weight excluding hydrogens is 372 g/mol. The smallest absolute Gasteiger partial charge is 0.330 e. The van der Waals surface area contributed by atoms with Crippen molar-refractivity contribution in [2.75, 3.05) is 20.3 Å². The van der Waals surface area contributed by atoms with Crippen LogP contribution in [0.15, 0.2) is 21.9 Å². The molecule has 154 valence electrons. The average molecular weight is 403 g/mol. The van der Waals surface area contributed by atoms with Gasteiger partial charge >= 0.3 is 5.69 Å².